The van der Waals surface area contributed by atoms with E-state index in [2.05, 4.69) is 54.3 Å². The van der Waals surface area contributed by atoms with Gasteiger partial charge in [-0.25, -0.2) is 4.39 Å². The topological polar surface area (TPSA) is 41.1 Å². The summed E-state index contributed by atoms with van der Waals surface area (Å²) in [5.41, 5.74) is -0.0381. The summed E-state index contributed by atoms with van der Waals surface area (Å²) in [5.74, 6) is -0.851. The quantitative estimate of drug-likeness (QED) is 0.849. The molecule has 5 heteroatoms. The predicted octanol–water partition coefficient (Wildman–Crippen LogP) is 3.63. The highest BCUT2D eigenvalue weighted by Crippen LogP contribution is 2.28. The number of hydrogen-bond donors (Lipinski definition) is 2. The number of amides is 1. The van der Waals surface area contributed by atoms with Crippen LogP contribution < -0.4 is 10.6 Å². The molecule has 1 aromatic carbocycles. The van der Waals surface area contributed by atoms with Gasteiger partial charge in [0.1, 0.15) is 5.82 Å². The van der Waals surface area contributed by atoms with E-state index in [0.29, 0.717) is 4.47 Å². The van der Waals surface area contributed by atoms with Crippen LogP contribution in [0, 0.1) is 5.82 Å². The first-order chi connectivity index (χ1) is 9.58. The summed E-state index contributed by atoms with van der Waals surface area (Å²) in [5, 5.41) is 6.54. The lowest BCUT2D eigenvalue weighted by Gasteiger charge is -2.46. The van der Waals surface area contributed by atoms with E-state index in [-0.39, 0.29) is 28.6 Å². The molecule has 1 fully saturated rings. The van der Waals surface area contributed by atoms with Gasteiger partial charge < -0.3 is 10.6 Å². The molecule has 0 atom stereocenters. The van der Waals surface area contributed by atoms with Crippen LogP contribution in [0.5, 0.6) is 0 Å². The summed E-state index contributed by atoms with van der Waals surface area (Å²) in [6.45, 7) is 8.47. The number of rotatable bonds is 2. The second kappa shape index (κ2) is 5.69. The Bertz CT molecular complexity index is 541. The summed E-state index contributed by atoms with van der Waals surface area (Å²) < 4.78 is 14.5. The maximum atomic E-state index is 13.8. The van der Waals surface area contributed by atoms with Crippen molar-refractivity contribution in [1.29, 1.82) is 0 Å². The number of halogens is 2. The molecule has 2 N–H and O–H groups in total. The van der Waals surface area contributed by atoms with Gasteiger partial charge in [0.15, 0.2) is 0 Å². The van der Waals surface area contributed by atoms with Gasteiger partial charge in [0.05, 0.1) is 5.56 Å². The van der Waals surface area contributed by atoms with Crippen molar-refractivity contribution in [2.45, 2.75) is 57.7 Å². The molecule has 21 heavy (non-hydrogen) atoms. The molecule has 1 amide bonds. The first-order valence-corrected chi connectivity index (χ1v) is 7.93. The zero-order valence-electron chi connectivity index (χ0n) is 12.9. The number of benzene rings is 1. The van der Waals surface area contributed by atoms with Crippen molar-refractivity contribution >= 4 is 21.8 Å². The molecule has 1 aromatic rings. The number of nitrogens with one attached hydrogen (secondary N) is 2. The Labute approximate surface area is 133 Å². The Morgan fingerprint density at radius 1 is 1.29 bits per heavy atom. The molecule has 0 radical (unpaired) electrons. The molecule has 0 bridgehead atoms. The average molecular weight is 357 g/mol. The van der Waals surface area contributed by atoms with Crippen molar-refractivity contribution < 1.29 is 9.18 Å². The monoisotopic (exact) mass is 356 g/mol. The van der Waals surface area contributed by atoms with Crippen LogP contribution in [0.25, 0.3) is 0 Å². The number of piperidine rings is 1. The van der Waals surface area contributed by atoms with Crippen molar-refractivity contribution in [3.8, 4) is 0 Å². The molecule has 1 aliphatic rings. The van der Waals surface area contributed by atoms with Crippen LogP contribution in [0.4, 0.5) is 4.39 Å². The van der Waals surface area contributed by atoms with Crippen LogP contribution in [0.1, 0.15) is 50.9 Å². The first kappa shape index (κ1) is 16.4. The third-order valence-electron chi connectivity index (χ3n) is 3.70. The van der Waals surface area contributed by atoms with Crippen LogP contribution in [-0.2, 0) is 0 Å². The van der Waals surface area contributed by atoms with Crippen LogP contribution in [0.2, 0.25) is 0 Å². The molecule has 0 unspecified atom stereocenters. The lowest BCUT2D eigenvalue weighted by molar-refractivity contribution is 0.0869. The van der Waals surface area contributed by atoms with Gasteiger partial charge in [-0.05, 0) is 58.7 Å². The van der Waals surface area contributed by atoms with Crippen molar-refractivity contribution in [3.63, 3.8) is 0 Å². The second-order valence-electron chi connectivity index (χ2n) is 7.10. The largest absolute Gasteiger partial charge is 0.349 e. The minimum absolute atomic E-state index is 0.0298. The van der Waals surface area contributed by atoms with Crippen molar-refractivity contribution in [2.75, 3.05) is 0 Å². The normalized spacial score (nSPS) is 21.0. The molecule has 1 saturated heterocycles. The highest BCUT2D eigenvalue weighted by Gasteiger charge is 2.38. The van der Waals surface area contributed by atoms with E-state index in [9.17, 15) is 9.18 Å². The fraction of sp³-hybridized carbons (Fsp3) is 0.562. The summed E-state index contributed by atoms with van der Waals surface area (Å²) in [7, 11) is 0. The molecule has 0 aliphatic carbocycles. The maximum absolute atomic E-state index is 13.8. The van der Waals surface area contributed by atoms with E-state index < -0.39 is 5.82 Å². The van der Waals surface area contributed by atoms with Gasteiger partial charge in [-0.1, -0.05) is 15.9 Å². The van der Waals surface area contributed by atoms with Crippen LogP contribution in [0.15, 0.2) is 22.7 Å². The minimum Gasteiger partial charge on any atom is -0.349 e. The SMILES string of the molecule is CC1(C)CC(NC(=O)c2cc(Br)ccc2F)CC(C)(C)N1. The van der Waals surface area contributed by atoms with Gasteiger partial charge in [-0.15, -0.1) is 0 Å². The molecule has 116 valence electrons. The third kappa shape index (κ3) is 4.27. The highest BCUT2D eigenvalue weighted by atomic mass is 79.9. The van der Waals surface area contributed by atoms with Gasteiger partial charge in [0, 0.05) is 21.6 Å². The third-order valence-corrected chi connectivity index (χ3v) is 4.19. The minimum atomic E-state index is -0.497. The Morgan fingerprint density at radius 3 is 2.43 bits per heavy atom. The lowest BCUT2D eigenvalue weighted by Crippen LogP contribution is -2.62. The first-order valence-electron chi connectivity index (χ1n) is 7.13. The number of hydrogen-bond acceptors (Lipinski definition) is 2. The van der Waals surface area contributed by atoms with Crippen molar-refractivity contribution in [1.82, 2.24) is 10.6 Å². The predicted molar refractivity (Wildman–Crippen MR) is 85.9 cm³/mol. The van der Waals surface area contributed by atoms with Crippen LogP contribution >= 0.6 is 15.9 Å². The van der Waals surface area contributed by atoms with E-state index in [1.807, 2.05) is 0 Å². The number of carbonyl (C=O) groups is 1. The van der Waals surface area contributed by atoms with E-state index in [4.69, 9.17) is 0 Å². The molecule has 0 spiro atoms. The summed E-state index contributed by atoms with van der Waals surface area (Å²) >= 11 is 3.27. The van der Waals surface area contributed by atoms with Gasteiger partial charge in [0.25, 0.3) is 5.91 Å². The van der Waals surface area contributed by atoms with E-state index in [1.54, 1.807) is 6.07 Å². The van der Waals surface area contributed by atoms with Gasteiger partial charge in [0.2, 0.25) is 0 Å². The molecule has 0 saturated carbocycles. The van der Waals surface area contributed by atoms with Crippen molar-refractivity contribution in [2.24, 2.45) is 0 Å². The molecule has 1 aliphatic heterocycles. The molecule has 3 nitrogen and oxygen atoms in total. The van der Waals surface area contributed by atoms with Gasteiger partial charge in [-0.2, -0.15) is 0 Å². The Hall–Kier alpha value is -0.940. The molecular weight excluding hydrogens is 335 g/mol. The van der Waals surface area contributed by atoms with Gasteiger partial charge in [-0.3, -0.25) is 4.79 Å². The summed E-state index contributed by atoms with van der Waals surface area (Å²) in [4.78, 5) is 12.3. The molecule has 2 rings (SSSR count). The fourth-order valence-electron chi connectivity index (χ4n) is 3.36. The summed E-state index contributed by atoms with van der Waals surface area (Å²) in [6.07, 6.45) is 1.63. The number of carbonyl (C=O) groups excluding carboxylic acids is 1. The summed E-state index contributed by atoms with van der Waals surface area (Å²) in [6, 6.07) is 4.43. The maximum Gasteiger partial charge on any atom is 0.254 e. The van der Waals surface area contributed by atoms with E-state index in [0.717, 1.165) is 12.8 Å². The molecular formula is C16H22BrFN2O. The Morgan fingerprint density at radius 2 is 1.86 bits per heavy atom. The average Bonchev–Trinajstić information content (AvgIpc) is 2.27. The Balaban J connectivity index is 2.14. The Kier molecular flexibility index (Phi) is 4.45. The van der Waals surface area contributed by atoms with Crippen LogP contribution in [0.3, 0.4) is 0 Å². The zero-order chi connectivity index (χ0) is 15.8. The smallest absolute Gasteiger partial charge is 0.254 e. The second-order valence-corrected chi connectivity index (χ2v) is 8.01. The zero-order valence-corrected chi connectivity index (χ0v) is 14.5. The van der Waals surface area contributed by atoms with Crippen LogP contribution in [-0.4, -0.2) is 23.0 Å². The fourth-order valence-corrected chi connectivity index (χ4v) is 3.72. The van der Waals surface area contributed by atoms with Gasteiger partial charge >= 0.3 is 0 Å². The lowest BCUT2D eigenvalue weighted by atomic mass is 9.79. The highest BCUT2D eigenvalue weighted by molar-refractivity contribution is 9.10. The van der Waals surface area contributed by atoms with E-state index in [1.165, 1.54) is 12.1 Å². The molecule has 0 aromatic heterocycles. The van der Waals surface area contributed by atoms with E-state index >= 15 is 0 Å². The standard InChI is InChI=1S/C16H22BrFN2O/c1-15(2)8-11(9-16(3,4)20-15)19-14(21)12-7-10(17)5-6-13(12)18/h5-7,11,20H,8-9H2,1-4H3,(H,19,21). The van der Waals surface area contributed by atoms with Crippen molar-refractivity contribution in [3.05, 3.63) is 34.1 Å². The molecule has 1 heterocycles.